The minimum Gasteiger partial charge on any atom is -0.314 e. The maximum absolute atomic E-state index is 3.44. The zero-order valence-corrected chi connectivity index (χ0v) is 10.4. The number of rotatable bonds is 3. The summed E-state index contributed by atoms with van der Waals surface area (Å²) in [4.78, 5) is 2.56. The molecule has 1 N–H and O–H groups in total. The van der Waals surface area contributed by atoms with Crippen molar-refractivity contribution in [3.8, 4) is 0 Å². The van der Waals surface area contributed by atoms with Gasteiger partial charge in [-0.3, -0.25) is 4.90 Å². The van der Waals surface area contributed by atoms with Gasteiger partial charge in [0.1, 0.15) is 0 Å². The molecule has 1 aromatic rings. The van der Waals surface area contributed by atoms with E-state index in [1.165, 1.54) is 31.5 Å². The van der Waals surface area contributed by atoms with Gasteiger partial charge in [-0.25, -0.2) is 0 Å². The van der Waals surface area contributed by atoms with E-state index in [-0.39, 0.29) is 0 Å². The normalized spacial score (nSPS) is 21.7. The van der Waals surface area contributed by atoms with Crippen LogP contribution >= 0.6 is 11.3 Å². The molecule has 1 aliphatic rings. The third-order valence-electron chi connectivity index (χ3n) is 3.55. The Labute approximate surface area is 96.3 Å². The van der Waals surface area contributed by atoms with E-state index in [9.17, 15) is 0 Å². The maximum atomic E-state index is 3.44. The van der Waals surface area contributed by atoms with Crippen molar-refractivity contribution in [1.29, 1.82) is 0 Å². The van der Waals surface area contributed by atoms with Gasteiger partial charge in [-0.1, -0.05) is 0 Å². The number of hydrogen-bond donors (Lipinski definition) is 1. The van der Waals surface area contributed by atoms with Crippen LogP contribution in [0.25, 0.3) is 0 Å². The van der Waals surface area contributed by atoms with Gasteiger partial charge in [-0.15, -0.1) is 0 Å². The summed E-state index contributed by atoms with van der Waals surface area (Å²) in [5, 5.41) is 7.85. The molecule has 0 radical (unpaired) electrons. The Morgan fingerprint density at radius 1 is 1.47 bits per heavy atom. The number of nitrogens with zero attached hydrogens (tertiary/aromatic N) is 1. The van der Waals surface area contributed by atoms with Crippen molar-refractivity contribution in [2.24, 2.45) is 0 Å². The van der Waals surface area contributed by atoms with Crippen LogP contribution in [0, 0.1) is 0 Å². The van der Waals surface area contributed by atoms with Crippen molar-refractivity contribution in [2.75, 3.05) is 20.1 Å². The average Bonchev–Trinajstić information content (AvgIpc) is 2.75. The Hall–Kier alpha value is -0.380. The Balaban J connectivity index is 1.84. The van der Waals surface area contributed by atoms with Crippen LogP contribution in [-0.4, -0.2) is 30.6 Å². The lowest BCUT2D eigenvalue weighted by Gasteiger charge is -2.39. The fraction of sp³-hybridized carbons (Fsp3) is 0.667. The molecule has 15 heavy (non-hydrogen) atoms. The fourth-order valence-electron chi connectivity index (χ4n) is 2.10. The van der Waals surface area contributed by atoms with Crippen LogP contribution in [0.15, 0.2) is 16.8 Å². The standard InChI is InChI=1S/C12H20N2S/c1-12(13-2)4-6-14(7-5-12)9-11-3-8-15-10-11/h3,8,10,13H,4-7,9H2,1-2H3. The molecule has 0 bridgehead atoms. The number of nitrogens with one attached hydrogen (secondary N) is 1. The molecular weight excluding hydrogens is 204 g/mol. The summed E-state index contributed by atoms with van der Waals surface area (Å²) in [6.45, 7) is 5.89. The van der Waals surface area contributed by atoms with Gasteiger partial charge >= 0.3 is 0 Å². The first-order chi connectivity index (χ1) is 7.22. The van der Waals surface area contributed by atoms with Gasteiger partial charge in [0.05, 0.1) is 0 Å². The van der Waals surface area contributed by atoms with Crippen LogP contribution in [0.4, 0.5) is 0 Å². The van der Waals surface area contributed by atoms with E-state index >= 15 is 0 Å². The molecule has 0 unspecified atom stereocenters. The lowest BCUT2D eigenvalue weighted by molar-refractivity contribution is 0.146. The summed E-state index contributed by atoms with van der Waals surface area (Å²) < 4.78 is 0. The molecule has 3 heteroatoms. The monoisotopic (exact) mass is 224 g/mol. The van der Waals surface area contributed by atoms with Gasteiger partial charge in [0.25, 0.3) is 0 Å². The quantitative estimate of drug-likeness (QED) is 0.847. The number of thiophene rings is 1. The first-order valence-corrected chi connectivity index (χ1v) is 6.58. The Kier molecular flexibility index (Phi) is 3.44. The Morgan fingerprint density at radius 3 is 2.73 bits per heavy atom. The van der Waals surface area contributed by atoms with Crippen LogP contribution in [0.3, 0.4) is 0 Å². The summed E-state index contributed by atoms with van der Waals surface area (Å²) in [7, 11) is 2.08. The van der Waals surface area contributed by atoms with E-state index in [1.807, 2.05) is 0 Å². The van der Waals surface area contributed by atoms with Gasteiger partial charge in [-0.05, 0) is 49.2 Å². The zero-order valence-electron chi connectivity index (χ0n) is 9.62. The summed E-state index contributed by atoms with van der Waals surface area (Å²) in [5.41, 5.74) is 1.83. The molecule has 2 heterocycles. The van der Waals surface area contributed by atoms with Crippen molar-refractivity contribution >= 4 is 11.3 Å². The minimum absolute atomic E-state index is 0.366. The fourth-order valence-corrected chi connectivity index (χ4v) is 2.76. The van der Waals surface area contributed by atoms with Crippen molar-refractivity contribution in [3.05, 3.63) is 22.4 Å². The van der Waals surface area contributed by atoms with E-state index < -0.39 is 0 Å². The second kappa shape index (κ2) is 4.64. The predicted octanol–water partition coefficient (Wildman–Crippen LogP) is 2.32. The highest BCUT2D eigenvalue weighted by atomic mass is 32.1. The van der Waals surface area contributed by atoms with Gasteiger partial charge in [0, 0.05) is 25.2 Å². The molecule has 1 saturated heterocycles. The Bertz CT molecular complexity index is 287. The lowest BCUT2D eigenvalue weighted by Crippen LogP contribution is -2.49. The number of piperidine rings is 1. The average molecular weight is 224 g/mol. The van der Waals surface area contributed by atoms with Crippen molar-refractivity contribution in [2.45, 2.75) is 31.8 Å². The first-order valence-electron chi connectivity index (χ1n) is 5.64. The van der Waals surface area contributed by atoms with Gasteiger partial charge < -0.3 is 5.32 Å². The molecule has 2 rings (SSSR count). The lowest BCUT2D eigenvalue weighted by atomic mass is 9.90. The van der Waals surface area contributed by atoms with Crippen molar-refractivity contribution in [3.63, 3.8) is 0 Å². The van der Waals surface area contributed by atoms with Crippen LogP contribution in [-0.2, 0) is 6.54 Å². The summed E-state index contributed by atoms with van der Waals surface area (Å²) >= 11 is 1.79. The number of likely N-dealkylation sites (tertiary alicyclic amines) is 1. The second-order valence-electron chi connectivity index (χ2n) is 4.72. The van der Waals surface area contributed by atoms with E-state index in [0.29, 0.717) is 5.54 Å². The molecule has 0 spiro atoms. The third-order valence-corrected chi connectivity index (χ3v) is 4.28. The molecule has 0 amide bonds. The van der Waals surface area contributed by atoms with Crippen LogP contribution < -0.4 is 5.32 Å². The summed E-state index contributed by atoms with van der Waals surface area (Å²) in [5.74, 6) is 0. The van der Waals surface area contributed by atoms with Crippen LogP contribution in [0.2, 0.25) is 0 Å². The van der Waals surface area contributed by atoms with E-state index in [0.717, 1.165) is 6.54 Å². The minimum atomic E-state index is 0.366. The topological polar surface area (TPSA) is 15.3 Å². The molecular formula is C12H20N2S. The smallest absolute Gasteiger partial charge is 0.0242 e. The molecule has 1 fully saturated rings. The molecule has 84 valence electrons. The molecule has 1 aliphatic heterocycles. The van der Waals surface area contributed by atoms with Crippen LogP contribution in [0.1, 0.15) is 25.3 Å². The first kappa shape index (κ1) is 11.1. The van der Waals surface area contributed by atoms with Gasteiger partial charge in [-0.2, -0.15) is 11.3 Å². The third kappa shape index (κ3) is 2.80. The summed E-state index contributed by atoms with van der Waals surface area (Å²) in [6.07, 6.45) is 2.52. The second-order valence-corrected chi connectivity index (χ2v) is 5.50. The summed E-state index contributed by atoms with van der Waals surface area (Å²) in [6, 6.07) is 2.23. The highest BCUT2D eigenvalue weighted by Gasteiger charge is 2.27. The maximum Gasteiger partial charge on any atom is 0.0242 e. The highest BCUT2D eigenvalue weighted by molar-refractivity contribution is 7.07. The van der Waals surface area contributed by atoms with E-state index in [1.54, 1.807) is 11.3 Å². The highest BCUT2D eigenvalue weighted by Crippen LogP contribution is 2.22. The van der Waals surface area contributed by atoms with E-state index in [2.05, 4.69) is 41.0 Å². The van der Waals surface area contributed by atoms with E-state index in [4.69, 9.17) is 0 Å². The Morgan fingerprint density at radius 2 is 2.20 bits per heavy atom. The molecule has 0 saturated carbocycles. The number of hydrogen-bond acceptors (Lipinski definition) is 3. The van der Waals surface area contributed by atoms with Gasteiger partial charge in [0.2, 0.25) is 0 Å². The van der Waals surface area contributed by atoms with Crippen molar-refractivity contribution < 1.29 is 0 Å². The molecule has 0 aromatic carbocycles. The molecule has 1 aromatic heterocycles. The predicted molar refractivity (Wildman–Crippen MR) is 66.3 cm³/mol. The molecule has 0 aliphatic carbocycles. The van der Waals surface area contributed by atoms with Crippen LogP contribution in [0.5, 0.6) is 0 Å². The van der Waals surface area contributed by atoms with Crippen molar-refractivity contribution in [1.82, 2.24) is 10.2 Å². The zero-order chi connectivity index (χ0) is 10.7. The SMILES string of the molecule is CNC1(C)CCN(Cc2ccsc2)CC1. The molecule has 2 nitrogen and oxygen atoms in total. The molecule has 0 atom stereocenters. The largest absolute Gasteiger partial charge is 0.314 e. The van der Waals surface area contributed by atoms with Gasteiger partial charge in [0.15, 0.2) is 0 Å².